The van der Waals surface area contributed by atoms with Gasteiger partial charge in [0.05, 0.1) is 5.25 Å². The summed E-state index contributed by atoms with van der Waals surface area (Å²) in [6, 6.07) is 7.92. The van der Waals surface area contributed by atoms with Gasteiger partial charge < -0.3 is 10.1 Å². The third kappa shape index (κ3) is 5.16. The quantitative estimate of drug-likeness (QED) is 0.427. The lowest BCUT2D eigenvalue weighted by Crippen LogP contribution is -2.06. The van der Waals surface area contributed by atoms with Gasteiger partial charge in [0.25, 0.3) is 6.47 Å². The maximum absolute atomic E-state index is 10.2. The fourth-order valence-electron chi connectivity index (χ4n) is 1.58. The molecule has 0 amide bonds. The van der Waals surface area contributed by atoms with E-state index < -0.39 is 0 Å². The van der Waals surface area contributed by atoms with Crippen molar-refractivity contribution >= 4 is 53.2 Å². The van der Waals surface area contributed by atoms with Crippen LogP contribution in [0.4, 0.5) is 11.5 Å². The van der Waals surface area contributed by atoms with Crippen LogP contribution < -0.4 is 5.32 Å². The number of rotatable bonds is 6. The number of nitrogens with zero attached hydrogens (tertiary/aromatic N) is 2. The molecule has 0 saturated carbocycles. The van der Waals surface area contributed by atoms with Crippen molar-refractivity contribution in [3.8, 4) is 0 Å². The Morgan fingerprint density at radius 1 is 1.38 bits per heavy atom. The van der Waals surface area contributed by atoms with Gasteiger partial charge >= 0.3 is 0 Å². The van der Waals surface area contributed by atoms with Crippen LogP contribution in [0.5, 0.6) is 0 Å². The molecule has 112 valence electrons. The summed E-state index contributed by atoms with van der Waals surface area (Å²) in [7, 11) is 0. The first-order valence-corrected chi connectivity index (χ1v) is 7.36. The number of hydrogen-bond acceptors (Lipinski definition) is 6. The Morgan fingerprint density at radius 3 is 2.76 bits per heavy atom. The van der Waals surface area contributed by atoms with Crippen molar-refractivity contribution in [1.29, 1.82) is 0 Å². The van der Waals surface area contributed by atoms with Gasteiger partial charge in [0.2, 0.25) is 0 Å². The summed E-state index contributed by atoms with van der Waals surface area (Å²) in [6.07, 6.45) is 3.12. The standard InChI is InChI=1S/C13H12IN3O2S.CH4/c14-9-1-3-10(4-2-9)17-13-11(5-15-7-16-13)12(20)6-19-8-18;/h1-5,7-8,12,20H,6H2,(H,15,16,17);1H4. The molecule has 0 spiro atoms. The maximum atomic E-state index is 10.2. The van der Waals surface area contributed by atoms with Crippen molar-refractivity contribution in [2.24, 2.45) is 0 Å². The zero-order chi connectivity index (χ0) is 14.4. The molecule has 0 saturated heterocycles. The molecule has 1 heterocycles. The van der Waals surface area contributed by atoms with Crippen molar-refractivity contribution in [2.75, 3.05) is 11.9 Å². The predicted molar refractivity (Wildman–Crippen MR) is 94.9 cm³/mol. The second-order valence-electron chi connectivity index (χ2n) is 3.90. The number of ether oxygens (including phenoxy) is 1. The highest BCUT2D eigenvalue weighted by Gasteiger charge is 2.13. The molecule has 2 aromatic rings. The average Bonchev–Trinajstić information content (AvgIpc) is 2.48. The number of aromatic nitrogens is 2. The van der Waals surface area contributed by atoms with E-state index in [0.29, 0.717) is 12.3 Å². The summed E-state index contributed by atoms with van der Waals surface area (Å²) in [6.45, 7) is 0.570. The Morgan fingerprint density at radius 2 is 2.10 bits per heavy atom. The molecule has 1 atom stereocenters. The van der Waals surface area contributed by atoms with E-state index in [2.05, 4.69) is 50.5 Å². The zero-order valence-electron chi connectivity index (χ0n) is 10.4. The zero-order valence-corrected chi connectivity index (χ0v) is 13.4. The third-order valence-corrected chi connectivity index (χ3v) is 3.68. The third-order valence-electron chi connectivity index (χ3n) is 2.53. The predicted octanol–water partition coefficient (Wildman–Crippen LogP) is 3.60. The molecule has 21 heavy (non-hydrogen) atoms. The van der Waals surface area contributed by atoms with Gasteiger partial charge in [-0.1, -0.05) is 7.43 Å². The van der Waals surface area contributed by atoms with E-state index in [1.54, 1.807) is 6.20 Å². The largest absolute Gasteiger partial charge is 0.466 e. The topological polar surface area (TPSA) is 64.1 Å². The maximum Gasteiger partial charge on any atom is 0.293 e. The summed E-state index contributed by atoms with van der Waals surface area (Å²) in [5.41, 5.74) is 1.69. The van der Waals surface area contributed by atoms with E-state index in [4.69, 9.17) is 4.74 Å². The number of carbonyl (C=O) groups is 1. The van der Waals surface area contributed by atoms with Crippen LogP contribution in [-0.2, 0) is 9.53 Å². The van der Waals surface area contributed by atoms with Crippen molar-refractivity contribution in [2.45, 2.75) is 12.7 Å². The SMILES string of the molecule is C.O=COCC(S)c1cncnc1Nc1ccc(I)cc1. The Bertz CT molecular complexity index is 581. The van der Waals surface area contributed by atoms with E-state index >= 15 is 0 Å². The molecule has 1 aromatic heterocycles. The Labute approximate surface area is 143 Å². The highest BCUT2D eigenvalue weighted by Crippen LogP contribution is 2.27. The monoisotopic (exact) mass is 417 g/mol. The number of hydrogen-bond donors (Lipinski definition) is 2. The number of halogens is 1. The first-order chi connectivity index (χ1) is 9.70. The molecule has 0 aliphatic carbocycles. The van der Waals surface area contributed by atoms with Gasteiger partial charge in [-0.3, -0.25) is 4.79 Å². The Balaban J connectivity index is 0.00000220. The van der Waals surface area contributed by atoms with Crippen LogP contribution in [0.2, 0.25) is 0 Å². The van der Waals surface area contributed by atoms with Gasteiger partial charge in [0.15, 0.2) is 0 Å². The first-order valence-electron chi connectivity index (χ1n) is 5.76. The molecule has 0 fully saturated rings. The second kappa shape index (κ2) is 8.83. The van der Waals surface area contributed by atoms with Gasteiger partial charge in [-0.15, -0.1) is 0 Å². The van der Waals surface area contributed by atoms with E-state index in [1.807, 2.05) is 24.3 Å². The van der Waals surface area contributed by atoms with E-state index in [0.717, 1.165) is 14.8 Å². The fraction of sp³-hybridized carbons (Fsp3) is 0.214. The van der Waals surface area contributed by atoms with Gasteiger partial charge in [-0.25, -0.2) is 9.97 Å². The molecule has 0 aliphatic rings. The lowest BCUT2D eigenvalue weighted by atomic mass is 10.2. The number of nitrogens with one attached hydrogen (secondary N) is 1. The van der Waals surface area contributed by atoms with Gasteiger partial charge in [0, 0.05) is 21.0 Å². The van der Waals surface area contributed by atoms with Crippen LogP contribution in [0.3, 0.4) is 0 Å². The molecule has 2 rings (SSSR count). The summed E-state index contributed by atoms with van der Waals surface area (Å²) in [5.74, 6) is 0.649. The van der Waals surface area contributed by atoms with E-state index in [9.17, 15) is 4.79 Å². The van der Waals surface area contributed by atoms with Gasteiger partial charge in [0.1, 0.15) is 18.8 Å². The minimum absolute atomic E-state index is 0. The van der Waals surface area contributed by atoms with Crippen LogP contribution in [0.15, 0.2) is 36.8 Å². The Hall–Kier alpha value is -1.35. The molecule has 7 heteroatoms. The van der Waals surface area contributed by atoms with Gasteiger partial charge in [-0.2, -0.15) is 12.6 Å². The summed E-state index contributed by atoms with van der Waals surface area (Å²) in [4.78, 5) is 18.4. The smallest absolute Gasteiger partial charge is 0.293 e. The number of benzene rings is 1. The molecule has 5 nitrogen and oxygen atoms in total. The van der Waals surface area contributed by atoms with Crippen LogP contribution in [-0.4, -0.2) is 23.0 Å². The molecule has 0 aliphatic heterocycles. The molecule has 1 unspecified atom stereocenters. The normalized spacial score (nSPS) is 11.1. The lowest BCUT2D eigenvalue weighted by molar-refractivity contribution is -0.128. The van der Waals surface area contributed by atoms with Crippen LogP contribution in [0, 0.1) is 3.57 Å². The minimum Gasteiger partial charge on any atom is -0.466 e. The summed E-state index contributed by atoms with van der Waals surface area (Å²) < 4.78 is 5.88. The number of anilines is 2. The average molecular weight is 417 g/mol. The number of carbonyl (C=O) groups excluding carboxylic acids is 1. The van der Waals surface area contributed by atoms with Crippen LogP contribution in [0.25, 0.3) is 0 Å². The number of thiol groups is 1. The van der Waals surface area contributed by atoms with Crippen LogP contribution >= 0.6 is 35.2 Å². The van der Waals surface area contributed by atoms with Crippen molar-refractivity contribution in [1.82, 2.24) is 9.97 Å². The summed E-state index contributed by atoms with van der Waals surface area (Å²) >= 11 is 6.65. The lowest BCUT2D eigenvalue weighted by Gasteiger charge is -2.14. The highest BCUT2D eigenvalue weighted by atomic mass is 127. The second-order valence-corrected chi connectivity index (χ2v) is 5.77. The van der Waals surface area contributed by atoms with Crippen LogP contribution in [0.1, 0.15) is 18.2 Å². The summed E-state index contributed by atoms with van der Waals surface area (Å²) in [5, 5.41) is 2.93. The molecule has 0 radical (unpaired) electrons. The van der Waals surface area contributed by atoms with Crippen molar-refractivity contribution < 1.29 is 9.53 Å². The molecule has 1 aromatic carbocycles. The molecular formula is C14H16IN3O2S. The van der Waals surface area contributed by atoms with E-state index in [1.165, 1.54) is 6.33 Å². The first kappa shape index (κ1) is 17.7. The van der Waals surface area contributed by atoms with Gasteiger partial charge in [-0.05, 0) is 46.9 Å². The molecular weight excluding hydrogens is 401 g/mol. The van der Waals surface area contributed by atoms with E-state index in [-0.39, 0.29) is 19.3 Å². The fourth-order valence-corrected chi connectivity index (χ4v) is 2.21. The Kier molecular flexibility index (Phi) is 7.44. The molecule has 1 N–H and O–H groups in total. The molecule has 0 bridgehead atoms. The highest BCUT2D eigenvalue weighted by molar-refractivity contribution is 14.1. The van der Waals surface area contributed by atoms with Crippen molar-refractivity contribution in [3.63, 3.8) is 0 Å². The van der Waals surface area contributed by atoms with Crippen molar-refractivity contribution in [3.05, 3.63) is 45.9 Å². The minimum atomic E-state index is -0.284.